The van der Waals surface area contributed by atoms with E-state index in [0.29, 0.717) is 12.2 Å². The highest BCUT2D eigenvalue weighted by molar-refractivity contribution is 5.74. The first-order valence-corrected chi connectivity index (χ1v) is 5.49. The summed E-state index contributed by atoms with van der Waals surface area (Å²) in [5.41, 5.74) is 6.10. The van der Waals surface area contributed by atoms with Crippen LogP contribution >= 0.6 is 0 Å². The summed E-state index contributed by atoms with van der Waals surface area (Å²) in [7, 11) is 0. The van der Waals surface area contributed by atoms with Crippen LogP contribution in [0.3, 0.4) is 0 Å². The van der Waals surface area contributed by atoms with Crippen LogP contribution in [0.25, 0.3) is 11.0 Å². The molecule has 2 rings (SSSR count). The molecule has 2 aromatic rings. The van der Waals surface area contributed by atoms with Gasteiger partial charge in [0.05, 0.1) is 0 Å². The summed E-state index contributed by atoms with van der Waals surface area (Å²) in [6.45, 7) is 6.81. The maximum atomic E-state index is 11.9. The molecule has 5 nitrogen and oxygen atoms in total. The minimum absolute atomic E-state index is 0.00216. The highest BCUT2D eigenvalue weighted by Crippen LogP contribution is 2.18. The fourth-order valence-electron chi connectivity index (χ4n) is 1.71. The number of anilines is 1. The van der Waals surface area contributed by atoms with Crippen molar-refractivity contribution < 1.29 is 0 Å². The molecule has 0 aliphatic carbocycles. The number of nitrogen functional groups attached to an aromatic ring is 1. The minimum atomic E-state index is -0.0643. The van der Waals surface area contributed by atoms with Crippen molar-refractivity contribution in [3.63, 3.8) is 0 Å². The lowest BCUT2D eigenvalue weighted by atomic mass is 9.97. The number of nitrogens with two attached hydrogens (primary N) is 1. The van der Waals surface area contributed by atoms with Gasteiger partial charge in [-0.15, -0.1) is 0 Å². The number of rotatable bonds is 1. The molecule has 0 fully saturated rings. The van der Waals surface area contributed by atoms with Crippen LogP contribution in [0.5, 0.6) is 0 Å². The number of hydrogen-bond acceptors (Lipinski definition) is 4. The van der Waals surface area contributed by atoms with Crippen molar-refractivity contribution >= 4 is 17.0 Å². The van der Waals surface area contributed by atoms with Gasteiger partial charge >= 0.3 is 0 Å². The van der Waals surface area contributed by atoms with Crippen molar-refractivity contribution in [2.24, 2.45) is 5.41 Å². The Kier molecular flexibility index (Phi) is 2.61. The molecular formula is C12H16N4O. The number of aromatic nitrogens is 3. The average molecular weight is 232 g/mol. The topological polar surface area (TPSA) is 73.8 Å². The predicted octanol–water partition coefficient (Wildman–Crippen LogP) is 1.42. The molecule has 0 aliphatic heterocycles. The Hall–Kier alpha value is -1.91. The molecule has 0 saturated carbocycles. The van der Waals surface area contributed by atoms with Gasteiger partial charge in [0.15, 0.2) is 0 Å². The van der Waals surface area contributed by atoms with Crippen LogP contribution in [0.1, 0.15) is 20.8 Å². The zero-order valence-electron chi connectivity index (χ0n) is 10.3. The van der Waals surface area contributed by atoms with Gasteiger partial charge in [-0.3, -0.25) is 9.36 Å². The van der Waals surface area contributed by atoms with Gasteiger partial charge < -0.3 is 5.73 Å². The van der Waals surface area contributed by atoms with E-state index in [4.69, 9.17) is 5.73 Å². The van der Waals surface area contributed by atoms with Gasteiger partial charge in [-0.1, -0.05) is 20.8 Å². The monoisotopic (exact) mass is 232 g/mol. The number of nitrogens with zero attached hydrogens (tertiary/aromatic N) is 3. The Balaban J connectivity index is 2.71. The predicted molar refractivity (Wildman–Crippen MR) is 67.7 cm³/mol. The highest BCUT2D eigenvalue weighted by atomic mass is 16.1. The van der Waals surface area contributed by atoms with E-state index in [1.807, 2.05) is 0 Å². The van der Waals surface area contributed by atoms with Gasteiger partial charge in [-0.25, -0.2) is 4.98 Å². The van der Waals surface area contributed by atoms with Gasteiger partial charge in [0.2, 0.25) is 5.95 Å². The zero-order valence-corrected chi connectivity index (χ0v) is 10.3. The first kappa shape index (κ1) is 11.6. The van der Waals surface area contributed by atoms with Crippen LogP contribution in [0.15, 0.2) is 23.1 Å². The Morgan fingerprint density at radius 3 is 2.71 bits per heavy atom. The van der Waals surface area contributed by atoms with Crippen LogP contribution < -0.4 is 11.3 Å². The molecule has 2 N–H and O–H groups in total. The third kappa shape index (κ3) is 2.43. The molecule has 5 heteroatoms. The molecule has 2 aromatic heterocycles. The smallest absolute Gasteiger partial charge is 0.252 e. The van der Waals surface area contributed by atoms with E-state index in [0.717, 1.165) is 5.39 Å². The van der Waals surface area contributed by atoms with E-state index in [9.17, 15) is 4.79 Å². The molecule has 0 atom stereocenters. The molecule has 0 amide bonds. The molecule has 0 spiro atoms. The third-order valence-electron chi connectivity index (χ3n) is 2.37. The summed E-state index contributed by atoms with van der Waals surface area (Å²) in [6, 6.07) is 3.25. The van der Waals surface area contributed by atoms with Crippen molar-refractivity contribution in [1.82, 2.24) is 14.5 Å². The van der Waals surface area contributed by atoms with Crippen LogP contribution in [-0.4, -0.2) is 14.5 Å². The number of pyridine rings is 1. The Morgan fingerprint density at radius 2 is 2.06 bits per heavy atom. The van der Waals surface area contributed by atoms with E-state index >= 15 is 0 Å². The van der Waals surface area contributed by atoms with E-state index in [-0.39, 0.29) is 16.9 Å². The van der Waals surface area contributed by atoms with E-state index in [1.54, 1.807) is 16.8 Å². The van der Waals surface area contributed by atoms with Crippen LogP contribution in [0.4, 0.5) is 5.95 Å². The Bertz CT molecular complexity index is 610. The first-order valence-electron chi connectivity index (χ1n) is 5.49. The van der Waals surface area contributed by atoms with Gasteiger partial charge in [-0.05, 0) is 11.5 Å². The second-order valence-corrected chi connectivity index (χ2v) is 5.33. The second kappa shape index (κ2) is 3.84. The van der Waals surface area contributed by atoms with Crippen LogP contribution in [-0.2, 0) is 6.54 Å². The lowest BCUT2D eigenvalue weighted by molar-refractivity contribution is 0.343. The first-order chi connectivity index (χ1) is 7.87. The van der Waals surface area contributed by atoms with Crippen molar-refractivity contribution in [3.05, 3.63) is 28.7 Å². The summed E-state index contributed by atoms with van der Waals surface area (Å²) < 4.78 is 1.65. The van der Waals surface area contributed by atoms with Gasteiger partial charge in [0, 0.05) is 24.2 Å². The maximum absolute atomic E-state index is 11.9. The maximum Gasteiger partial charge on any atom is 0.252 e. The van der Waals surface area contributed by atoms with Crippen molar-refractivity contribution in [1.29, 1.82) is 0 Å². The number of hydrogen-bond donors (Lipinski definition) is 1. The summed E-state index contributed by atoms with van der Waals surface area (Å²) in [6.07, 6.45) is 1.64. The van der Waals surface area contributed by atoms with Crippen LogP contribution in [0.2, 0.25) is 0 Å². The molecule has 0 aromatic carbocycles. The Labute approximate surface area is 99.3 Å². The summed E-state index contributed by atoms with van der Waals surface area (Å²) in [5, 5.41) is 0.822. The summed E-state index contributed by atoms with van der Waals surface area (Å²) in [5.74, 6) is 0.186. The van der Waals surface area contributed by atoms with Gasteiger partial charge in [0.1, 0.15) is 5.65 Å². The molecular weight excluding hydrogens is 216 g/mol. The molecule has 0 radical (unpaired) electrons. The van der Waals surface area contributed by atoms with E-state index < -0.39 is 0 Å². The quantitative estimate of drug-likeness (QED) is 0.807. The Morgan fingerprint density at radius 1 is 1.35 bits per heavy atom. The van der Waals surface area contributed by atoms with E-state index in [1.165, 1.54) is 6.07 Å². The molecule has 0 bridgehead atoms. The molecule has 0 unspecified atom stereocenters. The fraction of sp³-hybridized carbons (Fsp3) is 0.417. The number of fused-ring (bicyclic) bond motifs is 1. The van der Waals surface area contributed by atoms with Crippen molar-refractivity contribution in [2.75, 3.05) is 5.73 Å². The SMILES string of the molecule is CC(C)(C)Cn1c(=O)ccc2cnc(N)nc21. The van der Waals surface area contributed by atoms with Crippen molar-refractivity contribution in [3.8, 4) is 0 Å². The zero-order chi connectivity index (χ0) is 12.6. The summed E-state index contributed by atoms with van der Waals surface area (Å²) >= 11 is 0. The van der Waals surface area contributed by atoms with Crippen molar-refractivity contribution in [2.45, 2.75) is 27.3 Å². The third-order valence-corrected chi connectivity index (χ3v) is 2.37. The standard InChI is InChI=1S/C12H16N4O/c1-12(2,3)7-16-9(17)5-4-8-6-14-11(13)15-10(8)16/h4-6H,7H2,1-3H3,(H2,13,14,15). The molecule has 17 heavy (non-hydrogen) atoms. The van der Waals surface area contributed by atoms with Gasteiger partial charge in [0.25, 0.3) is 5.56 Å². The molecule has 2 heterocycles. The lowest BCUT2D eigenvalue weighted by Crippen LogP contribution is -2.27. The van der Waals surface area contributed by atoms with Crippen LogP contribution in [0, 0.1) is 5.41 Å². The highest BCUT2D eigenvalue weighted by Gasteiger charge is 2.14. The molecule has 90 valence electrons. The minimum Gasteiger partial charge on any atom is -0.368 e. The summed E-state index contributed by atoms with van der Waals surface area (Å²) in [4.78, 5) is 20.0. The molecule has 0 saturated heterocycles. The largest absolute Gasteiger partial charge is 0.368 e. The normalized spacial score (nSPS) is 11.9. The molecule has 0 aliphatic rings. The second-order valence-electron chi connectivity index (χ2n) is 5.33. The lowest BCUT2D eigenvalue weighted by Gasteiger charge is -2.20. The van der Waals surface area contributed by atoms with Gasteiger partial charge in [-0.2, -0.15) is 4.98 Å². The fourth-order valence-corrected chi connectivity index (χ4v) is 1.71. The average Bonchev–Trinajstić information content (AvgIpc) is 2.21. The van der Waals surface area contributed by atoms with E-state index in [2.05, 4.69) is 30.7 Å².